The van der Waals surface area contributed by atoms with E-state index in [9.17, 15) is 9.59 Å². The van der Waals surface area contributed by atoms with Crippen molar-refractivity contribution in [3.8, 4) is 0 Å². The monoisotopic (exact) mass is 463 g/mol. The molecule has 0 aromatic rings. The third kappa shape index (κ3) is 6.25. The Balaban J connectivity index is 1.25. The maximum atomic E-state index is 13.1. The van der Waals surface area contributed by atoms with E-state index in [0.717, 1.165) is 51.7 Å². The molecule has 1 saturated carbocycles. The number of nitrogens with two attached hydrogens (primary N) is 1. The van der Waals surface area contributed by atoms with E-state index in [-0.39, 0.29) is 35.4 Å². The summed E-state index contributed by atoms with van der Waals surface area (Å²) in [5.74, 6) is 1.40. The average Bonchev–Trinajstić information content (AvgIpc) is 3.37. The van der Waals surface area contributed by atoms with E-state index in [0.29, 0.717) is 37.5 Å². The number of hydrogen-bond donors (Lipinski definition) is 5. The number of amides is 2. The van der Waals surface area contributed by atoms with E-state index in [2.05, 4.69) is 40.4 Å². The van der Waals surface area contributed by atoms with Gasteiger partial charge in [-0.1, -0.05) is 19.8 Å². The van der Waals surface area contributed by atoms with E-state index in [1.54, 1.807) is 0 Å². The van der Waals surface area contributed by atoms with Gasteiger partial charge >= 0.3 is 0 Å². The van der Waals surface area contributed by atoms with Crippen molar-refractivity contribution in [1.82, 2.24) is 31.3 Å². The van der Waals surface area contributed by atoms with Gasteiger partial charge in [0.05, 0.1) is 18.9 Å². The Bertz CT molecular complexity index is 702. The number of piperidine rings is 1. The van der Waals surface area contributed by atoms with Gasteiger partial charge in [-0.15, -0.1) is 0 Å². The minimum atomic E-state index is -0.284. The number of likely N-dealkylation sites (tertiary alicyclic amines) is 1. The van der Waals surface area contributed by atoms with Crippen molar-refractivity contribution in [3.05, 3.63) is 0 Å². The van der Waals surface area contributed by atoms with Gasteiger partial charge in [-0.2, -0.15) is 0 Å². The molecule has 188 valence electrons. The minimum Gasteiger partial charge on any atom is -0.352 e. The Labute approximate surface area is 198 Å². The highest BCUT2D eigenvalue weighted by atomic mass is 16.2. The van der Waals surface area contributed by atoms with Gasteiger partial charge in [-0.3, -0.25) is 14.5 Å². The Kier molecular flexibility index (Phi) is 7.95. The van der Waals surface area contributed by atoms with Gasteiger partial charge in [0, 0.05) is 30.6 Å². The smallest absolute Gasteiger partial charge is 0.237 e. The summed E-state index contributed by atoms with van der Waals surface area (Å²) in [6, 6.07) is -0.0414. The highest BCUT2D eigenvalue weighted by molar-refractivity contribution is 5.85. The van der Waals surface area contributed by atoms with Crippen molar-refractivity contribution >= 4 is 11.8 Å². The number of nitrogens with one attached hydrogen (secondary N) is 4. The van der Waals surface area contributed by atoms with Crippen molar-refractivity contribution in [2.45, 2.75) is 89.0 Å². The Hall–Kier alpha value is -1.26. The van der Waals surface area contributed by atoms with Crippen LogP contribution in [-0.4, -0.2) is 78.8 Å². The summed E-state index contributed by atoms with van der Waals surface area (Å²) in [4.78, 5) is 30.4. The van der Waals surface area contributed by atoms with Crippen molar-refractivity contribution in [2.24, 2.45) is 23.5 Å². The molecule has 0 aromatic carbocycles. The molecule has 0 radical (unpaired) electrons. The molecule has 3 aliphatic heterocycles. The third-order valence-corrected chi connectivity index (χ3v) is 8.48. The summed E-state index contributed by atoms with van der Waals surface area (Å²) in [7, 11) is 2.14. The number of nitrogens with zero attached hydrogens (tertiary/aromatic N) is 2. The first-order chi connectivity index (χ1) is 15.7. The molecular weight excluding hydrogens is 418 g/mol. The van der Waals surface area contributed by atoms with Crippen LogP contribution in [-0.2, 0) is 9.59 Å². The quantitative estimate of drug-likeness (QED) is 0.386. The molecule has 0 bridgehead atoms. The van der Waals surface area contributed by atoms with Gasteiger partial charge in [0.25, 0.3) is 0 Å². The first-order valence-electron chi connectivity index (χ1n) is 13.0. The van der Waals surface area contributed by atoms with Crippen LogP contribution in [0.3, 0.4) is 0 Å². The fraction of sp³-hybridized carbons (Fsp3) is 0.917. The van der Waals surface area contributed by atoms with Gasteiger partial charge in [-0.05, 0) is 70.9 Å². The first-order valence-corrected chi connectivity index (χ1v) is 13.0. The van der Waals surface area contributed by atoms with Gasteiger partial charge in [-0.25, -0.2) is 10.9 Å². The second-order valence-electron chi connectivity index (χ2n) is 11.5. The molecule has 0 aromatic heterocycles. The molecule has 0 spiro atoms. The summed E-state index contributed by atoms with van der Waals surface area (Å²) >= 11 is 0. The van der Waals surface area contributed by atoms with Crippen molar-refractivity contribution in [2.75, 3.05) is 33.4 Å². The SMILES string of the molecule is C[C@H](CC1NNCN1C)C1CCCC(NC(=O)C2CC(C(=O)N3CC[C@](C)(N)C3)CCN2)C1. The van der Waals surface area contributed by atoms with Crippen LogP contribution in [0.25, 0.3) is 0 Å². The van der Waals surface area contributed by atoms with Crippen LogP contribution in [0.2, 0.25) is 0 Å². The van der Waals surface area contributed by atoms with Crippen LogP contribution in [0.4, 0.5) is 0 Å². The summed E-state index contributed by atoms with van der Waals surface area (Å²) < 4.78 is 0. The lowest BCUT2D eigenvalue weighted by molar-refractivity contribution is -0.136. The van der Waals surface area contributed by atoms with Crippen LogP contribution in [0.5, 0.6) is 0 Å². The number of carbonyl (C=O) groups is 2. The Morgan fingerprint density at radius 2 is 2.06 bits per heavy atom. The normalized spacial score (nSPS) is 38.9. The van der Waals surface area contributed by atoms with E-state index in [4.69, 9.17) is 5.73 Å². The average molecular weight is 464 g/mol. The standard InChI is InChI=1S/C24H45N7O2/c1-16(11-21-29-27-15-30(21)3)17-5-4-6-19(12-17)28-22(32)20-13-18(7-9-26-20)23(33)31-10-8-24(2,25)14-31/h16-21,26-27,29H,4-15,25H2,1-3H3,(H,28,32)/t16-,17?,18?,19?,20?,21?,24+/m1/s1. The lowest BCUT2D eigenvalue weighted by Gasteiger charge is -2.36. The Morgan fingerprint density at radius 3 is 2.76 bits per heavy atom. The highest BCUT2D eigenvalue weighted by Crippen LogP contribution is 2.33. The van der Waals surface area contributed by atoms with Gasteiger partial charge in [0.15, 0.2) is 0 Å². The predicted molar refractivity (Wildman–Crippen MR) is 129 cm³/mol. The van der Waals surface area contributed by atoms with Crippen molar-refractivity contribution in [3.63, 3.8) is 0 Å². The molecule has 3 heterocycles. The fourth-order valence-electron chi connectivity index (χ4n) is 6.24. The number of hydrazine groups is 1. The summed E-state index contributed by atoms with van der Waals surface area (Å²) in [5, 5.41) is 6.69. The van der Waals surface area contributed by atoms with E-state index in [1.807, 2.05) is 11.8 Å². The van der Waals surface area contributed by atoms with Gasteiger partial charge in [0.1, 0.15) is 0 Å². The molecule has 3 saturated heterocycles. The predicted octanol–water partition coefficient (Wildman–Crippen LogP) is 0.329. The lowest BCUT2D eigenvalue weighted by atomic mass is 9.77. The number of carbonyl (C=O) groups excluding carboxylic acids is 2. The first kappa shape index (κ1) is 24.9. The highest BCUT2D eigenvalue weighted by Gasteiger charge is 2.39. The molecule has 9 heteroatoms. The summed E-state index contributed by atoms with van der Waals surface area (Å²) in [6.07, 6.45) is 8.22. The summed E-state index contributed by atoms with van der Waals surface area (Å²) in [5.41, 5.74) is 12.5. The molecule has 9 nitrogen and oxygen atoms in total. The molecule has 1 aliphatic carbocycles. The third-order valence-electron chi connectivity index (χ3n) is 8.48. The Morgan fingerprint density at radius 1 is 1.24 bits per heavy atom. The van der Waals surface area contributed by atoms with Crippen LogP contribution in [0.1, 0.15) is 65.2 Å². The van der Waals surface area contributed by atoms with E-state index >= 15 is 0 Å². The molecule has 4 aliphatic rings. The molecule has 7 atom stereocenters. The molecule has 6 N–H and O–H groups in total. The van der Waals surface area contributed by atoms with Crippen molar-refractivity contribution in [1.29, 1.82) is 0 Å². The van der Waals surface area contributed by atoms with Crippen LogP contribution >= 0.6 is 0 Å². The second-order valence-corrected chi connectivity index (χ2v) is 11.5. The zero-order valence-electron chi connectivity index (χ0n) is 20.7. The van der Waals surface area contributed by atoms with Crippen LogP contribution in [0, 0.1) is 17.8 Å². The van der Waals surface area contributed by atoms with Crippen LogP contribution < -0.4 is 27.2 Å². The molecule has 5 unspecified atom stereocenters. The molecular formula is C24H45N7O2. The topological polar surface area (TPSA) is 115 Å². The second kappa shape index (κ2) is 10.6. The zero-order valence-corrected chi connectivity index (χ0v) is 20.7. The number of rotatable bonds is 6. The maximum Gasteiger partial charge on any atom is 0.237 e. The molecule has 33 heavy (non-hydrogen) atoms. The fourth-order valence-corrected chi connectivity index (χ4v) is 6.24. The summed E-state index contributed by atoms with van der Waals surface area (Å²) in [6.45, 7) is 7.31. The van der Waals surface area contributed by atoms with Gasteiger partial charge < -0.3 is 21.3 Å². The lowest BCUT2D eigenvalue weighted by Crippen LogP contribution is -2.54. The van der Waals surface area contributed by atoms with E-state index in [1.165, 1.54) is 6.42 Å². The largest absolute Gasteiger partial charge is 0.352 e. The van der Waals surface area contributed by atoms with Gasteiger partial charge in [0.2, 0.25) is 11.8 Å². The van der Waals surface area contributed by atoms with Crippen LogP contribution in [0.15, 0.2) is 0 Å². The van der Waals surface area contributed by atoms with E-state index < -0.39 is 0 Å². The zero-order chi connectivity index (χ0) is 23.6. The maximum absolute atomic E-state index is 13.1. The molecule has 4 rings (SSSR count). The minimum absolute atomic E-state index is 0.0669. The number of hydrogen-bond acceptors (Lipinski definition) is 7. The van der Waals surface area contributed by atoms with Crippen molar-refractivity contribution < 1.29 is 9.59 Å². The molecule has 4 fully saturated rings. The molecule has 2 amide bonds.